The van der Waals surface area contributed by atoms with E-state index < -0.39 is 5.97 Å². The minimum Gasteiger partial charge on any atom is -0.504 e. The first-order chi connectivity index (χ1) is 13.5. The van der Waals surface area contributed by atoms with Gasteiger partial charge in [-0.05, 0) is 45.1 Å². The fourth-order valence-corrected chi connectivity index (χ4v) is 3.71. The number of pyridine rings is 1. The molecule has 0 bridgehead atoms. The van der Waals surface area contributed by atoms with E-state index >= 15 is 0 Å². The number of carbonyl (C=O) groups is 1. The molecule has 8 heteroatoms. The van der Waals surface area contributed by atoms with Gasteiger partial charge >= 0.3 is 5.97 Å². The van der Waals surface area contributed by atoms with Crippen LogP contribution in [0.2, 0.25) is 0 Å². The largest absolute Gasteiger partial charge is 0.504 e. The Balaban J connectivity index is 1.68. The molecule has 8 nitrogen and oxygen atoms in total. The predicted molar refractivity (Wildman–Crippen MR) is 107 cm³/mol. The lowest BCUT2D eigenvalue weighted by atomic mass is 10.0. The molecular formula is C20H22N4O4. The number of hydrogen-bond donors (Lipinski definition) is 2. The Kier molecular flexibility index (Phi) is 4.64. The molecule has 2 aromatic heterocycles. The Labute approximate surface area is 162 Å². The number of carboxylic acid groups (broad SMARTS) is 1. The fourth-order valence-electron chi connectivity index (χ4n) is 3.71. The lowest BCUT2D eigenvalue weighted by Gasteiger charge is -2.35. The molecule has 2 aliphatic rings. The lowest BCUT2D eigenvalue weighted by molar-refractivity contribution is 0.0694. The van der Waals surface area contributed by atoms with E-state index in [0.717, 1.165) is 18.4 Å². The van der Waals surface area contributed by atoms with Gasteiger partial charge in [-0.1, -0.05) is 0 Å². The number of furan rings is 1. The third-order valence-corrected chi connectivity index (χ3v) is 5.30. The molecule has 1 fully saturated rings. The molecule has 0 amide bonds. The molecule has 0 spiro atoms. The van der Waals surface area contributed by atoms with Crippen LogP contribution in [0.1, 0.15) is 34.5 Å². The van der Waals surface area contributed by atoms with Crippen molar-refractivity contribution in [3.8, 4) is 5.75 Å². The van der Waals surface area contributed by atoms with Crippen LogP contribution in [0, 0.1) is 0 Å². The summed E-state index contributed by atoms with van der Waals surface area (Å²) in [5.41, 5.74) is 1.32. The second kappa shape index (κ2) is 7.12. The molecule has 4 heterocycles. The molecule has 2 aliphatic heterocycles. The number of allylic oxidation sites excluding steroid dienone is 1. The van der Waals surface area contributed by atoms with Crippen molar-refractivity contribution in [1.29, 1.82) is 0 Å². The van der Waals surface area contributed by atoms with Crippen LogP contribution in [0.3, 0.4) is 0 Å². The van der Waals surface area contributed by atoms with E-state index in [9.17, 15) is 15.0 Å². The number of fused-ring (bicyclic) bond motifs is 1. The van der Waals surface area contributed by atoms with Crippen LogP contribution in [0.5, 0.6) is 5.75 Å². The van der Waals surface area contributed by atoms with E-state index in [1.807, 2.05) is 25.1 Å². The highest BCUT2D eigenvalue weighted by Gasteiger charge is 2.31. The highest BCUT2D eigenvalue weighted by molar-refractivity contribution is 6.21. The number of aromatic hydroxyl groups is 1. The monoisotopic (exact) mass is 382 g/mol. The van der Waals surface area contributed by atoms with Gasteiger partial charge in [-0.15, -0.1) is 0 Å². The average molecular weight is 382 g/mol. The Bertz CT molecular complexity index is 969. The maximum atomic E-state index is 11.8. The molecule has 1 saturated heterocycles. The van der Waals surface area contributed by atoms with Crippen molar-refractivity contribution < 1.29 is 19.4 Å². The lowest BCUT2D eigenvalue weighted by Crippen LogP contribution is -2.42. The van der Waals surface area contributed by atoms with Gasteiger partial charge in [0.1, 0.15) is 0 Å². The van der Waals surface area contributed by atoms with Crippen molar-refractivity contribution in [3.05, 3.63) is 35.2 Å². The van der Waals surface area contributed by atoms with Crippen molar-refractivity contribution in [2.75, 3.05) is 32.1 Å². The number of piperidine rings is 1. The van der Waals surface area contributed by atoms with Gasteiger partial charge in [0.15, 0.2) is 22.9 Å². The third-order valence-electron chi connectivity index (χ3n) is 5.30. The first-order valence-electron chi connectivity index (χ1n) is 9.17. The van der Waals surface area contributed by atoms with E-state index in [0.29, 0.717) is 30.5 Å². The Morgan fingerprint density at radius 3 is 2.79 bits per heavy atom. The summed E-state index contributed by atoms with van der Waals surface area (Å²) in [6, 6.07) is 4.12. The van der Waals surface area contributed by atoms with Gasteiger partial charge in [-0.3, -0.25) is 0 Å². The van der Waals surface area contributed by atoms with Gasteiger partial charge in [-0.2, -0.15) is 0 Å². The number of rotatable bonds is 4. The van der Waals surface area contributed by atoms with Crippen LogP contribution < -0.4 is 4.90 Å². The first-order valence-corrected chi connectivity index (χ1v) is 9.17. The third kappa shape index (κ3) is 3.16. The zero-order valence-electron chi connectivity index (χ0n) is 15.8. The van der Waals surface area contributed by atoms with Crippen LogP contribution in [-0.2, 0) is 0 Å². The summed E-state index contributed by atoms with van der Waals surface area (Å²) in [5, 5.41) is 20.2. The molecule has 2 N–H and O–H groups in total. The van der Waals surface area contributed by atoms with Crippen molar-refractivity contribution in [3.63, 3.8) is 0 Å². The van der Waals surface area contributed by atoms with E-state index in [2.05, 4.69) is 14.9 Å². The molecule has 0 saturated carbocycles. The topological polar surface area (TPSA) is 102 Å². The molecule has 0 radical (unpaired) electrons. The molecule has 0 aliphatic carbocycles. The van der Waals surface area contributed by atoms with Crippen molar-refractivity contribution in [2.24, 2.45) is 4.99 Å². The Morgan fingerprint density at radius 2 is 2.11 bits per heavy atom. The number of aliphatic imine (C=N–C) groups is 1. The maximum absolute atomic E-state index is 11.8. The number of hydrogen-bond acceptors (Lipinski definition) is 7. The Morgan fingerprint density at radius 1 is 1.36 bits per heavy atom. The standard InChI is InChI=1S/C20H22N4O4/c1-23(2)13-5-8-24(9-6-13)19-16(20(26)27)17(25)15(28-19)10-12-11-22-18-14(12)4-3-7-21-18/h3-4,7,10-11,13,25H,5-6,8-9H2,1-2H3,(H,26,27). The minimum absolute atomic E-state index is 0.111. The number of anilines is 1. The van der Waals surface area contributed by atoms with Crippen LogP contribution in [0.25, 0.3) is 11.6 Å². The number of carboxylic acids is 1. The number of aromatic nitrogens is 1. The van der Waals surface area contributed by atoms with Crippen LogP contribution >= 0.6 is 0 Å². The second-order valence-corrected chi connectivity index (χ2v) is 7.21. The highest BCUT2D eigenvalue weighted by Crippen LogP contribution is 2.40. The van der Waals surface area contributed by atoms with Crippen LogP contribution in [-0.4, -0.2) is 65.5 Å². The van der Waals surface area contributed by atoms with E-state index in [1.54, 1.807) is 24.6 Å². The van der Waals surface area contributed by atoms with Gasteiger partial charge in [-0.25, -0.2) is 14.8 Å². The van der Waals surface area contributed by atoms with Gasteiger partial charge in [0.05, 0.1) is 0 Å². The first kappa shape index (κ1) is 18.2. The quantitative estimate of drug-likeness (QED) is 0.838. The normalized spacial score (nSPS) is 18.2. The molecular weight excluding hydrogens is 360 g/mol. The second-order valence-electron chi connectivity index (χ2n) is 7.21. The SMILES string of the molecule is CN(C)C1CCN(c2oc(C=C3C=Nc4ncccc43)c(O)c2C(=O)O)CC1. The molecule has 28 heavy (non-hydrogen) atoms. The van der Waals surface area contributed by atoms with Gasteiger partial charge in [0, 0.05) is 42.7 Å². The zero-order valence-corrected chi connectivity index (χ0v) is 15.8. The highest BCUT2D eigenvalue weighted by atomic mass is 16.4. The summed E-state index contributed by atoms with van der Waals surface area (Å²) < 4.78 is 5.84. The summed E-state index contributed by atoms with van der Waals surface area (Å²) in [4.78, 5) is 24.3. The average Bonchev–Trinajstić information content (AvgIpc) is 3.24. The van der Waals surface area contributed by atoms with Gasteiger partial charge in [0.25, 0.3) is 0 Å². The summed E-state index contributed by atoms with van der Waals surface area (Å²) in [7, 11) is 4.09. The number of nitrogens with zero attached hydrogens (tertiary/aromatic N) is 4. The zero-order chi connectivity index (χ0) is 19.8. The number of aromatic carboxylic acids is 1. The summed E-state index contributed by atoms with van der Waals surface area (Å²) in [6.45, 7) is 1.33. The smallest absolute Gasteiger partial charge is 0.345 e. The van der Waals surface area contributed by atoms with E-state index in [-0.39, 0.29) is 23.0 Å². The molecule has 0 unspecified atom stereocenters. The minimum atomic E-state index is -1.21. The molecule has 146 valence electrons. The van der Waals surface area contributed by atoms with Gasteiger partial charge in [0.2, 0.25) is 5.88 Å². The summed E-state index contributed by atoms with van der Waals surface area (Å²) in [5.74, 6) is -0.673. The van der Waals surface area contributed by atoms with Crippen LogP contribution in [0.4, 0.5) is 11.7 Å². The predicted octanol–water partition coefficient (Wildman–Crippen LogP) is 2.87. The van der Waals surface area contributed by atoms with Gasteiger partial charge < -0.3 is 24.4 Å². The molecule has 4 rings (SSSR count). The molecule has 0 atom stereocenters. The van der Waals surface area contributed by atoms with Crippen molar-refractivity contribution in [1.82, 2.24) is 9.88 Å². The fraction of sp³-hybridized carbons (Fsp3) is 0.350. The van der Waals surface area contributed by atoms with Crippen molar-refractivity contribution >= 4 is 35.5 Å². The Hall–Kier alpha value is -3.13. The molecule has 0 aromatic carbocycles. The maximum Gasteiger partial charge on any atom is 0.345 e. The molecule has 2 aromatic rings. The van der Waals surface area contributed by atoms with E-state index in [1.165, 1.54) is 0 Å². The summed E-state index contributed by atoms with van der Waals surface area (Å²) >= 11 is 0. The summed E-state index contributed by atoms with van der Waals surface area (Å²) in [6.07, 6.45) is 6.68. The van der Waals surface area contributed by atoms with Crippen molar-refractivity contribution in [2.45, 2.75) is 18.9 Å². The van der Waals surface area contributed by atoms with Crippen LogP contribution in [0.15, 0.2) is 27.7 Å². The van der Waals surface area contributed by atoms with E-state index in [4.69, 9.17) is 4.42 Å².